The first-order valence-electron chi connectivity index (χ1n) is 23.1. The van der Waals surface area contributed by atoms with Crippen LogP contribution in [0.1, 0.15) is 194 Å². The summed E-state index contributed by atoms with van der Waals surface area (Å²) >= 11 is 0. The molecule has 0 saturated carbocycles. The van der Waals surface area contributed by atoms with E-state index in [2.05, 4.69) is 42.3 Å². The molecule has 58 heavy (non-hydrogen) atoms. The molecule has 1 aliphatic heterocycles. The van der Waals surface area contributed by atoms with E-state index in [9.17, 15) is 28.5 Å². The van der Waals surface area contributed by atoms with Gasteiger partial charge in [0.15, 0.2) is 6.29 Å². The maximum absolute atomic E-state index is 12.8. The molecular weight excluding hydrogens is 765 g/mol. The molecular formula is C45H84O12S. The highest BCUT2D eigenvalue weighted by atomic mass is 32.3. The Morgan fingerprint density at radius 1 is 0.638 bits per heavy atom. The van der Waals surface area contributed by atoms with Gasteiger partial charge in [-0.15, -0.1) is 0 Å². The molecule has 6 atom stereocenters. The second-order valence-electron chi connectivity index (χ2n) is 16.0. The van der Waals surface area contributed by atoms with Crippen LogP contribution < -0.4 is 0 Å². The molecule has 342 valence electrons. The predicted octanol–water partition coefficient (Wildman–Crippen LogP) is 9.63. The van der Waals surface area contributed by atoms with Crippen LogP contribution in [-0.4, -0.2) is 97.5 Å². The molecule has 0 aliphatic carbocycles. The van der Waals surface area contributed by atoms with Crippen molar-refractivity contribution in [2.75, 3.05) is 26.4 Å². The molecule has 0 radical (unpaired) electrons. The molecule has 12 nitrogen and oxygen atoms in total. The minimum absolute atomic E-state index is 0.0323. The number of carbonyl (C=O) groups is 1. The SMILES string of the molecule is CCCCCC/C=C\CCCCCCCCOCC(COC1OC(CO)C(O)C(OS(=O)(=O)O)C1O)OC(=O)CCCCCCCCC/C=C\CCCCCCCC. The zero-order valence-electron chi connectivity index (χ0n) is 36.4. The fourth-order valence-electron chi connectivity index (χ4n) is 7.01. The Morgan fingerprint density at radius 3 is 1.57 bits per heavy atom. The average Bonchev–Trinajstić information content (AvgIpc) is 3.19. The summed E-state index contributed by atoms with van der Waals surface area (Å²) in [6.45, 7) is 3.96. The molecule has 0 spiro atoms. The van der Waals surface area contributed by atoms with Crippen molar-refractivity contribution in [1.82, 2.24) is 0 Å². The van der Waals surface area contributed by atoms with Crippen molar-refractivity contribution in [2.24, 2.45) is 0 Å². The second kappa shape index (κ2) is 37.4. The fourth-order valence-corrected chi connectivity index (χ4v) is 7.52. The van der Waals surface area contributed by atoms with E-state index in [1.54, 1.807) is 0 Å². The summed E-state index contributed by atoms with van der Waals surface area (Å²) < 4.78 is 59.0. The van der Waals surface area contributed by atoms with Crippen molar-refractivity contribution in [2.45, 2.75) is 230 Å². The Kier molecular flexibility index (Phi) is 35.2. The Balaban J connectivity index is 2.42. The Labute approximate surface area is 352 Å². The zero-order valence-corrected chi connectivity index (χ0v) is 37.2. The van der Waals surface area contributed by atoms with Gasteiger partial charge in [0.2, 0.25) is 0 Å². The van der Waals surface area contributed by atoms with Gasteiger partial charge in [0.1, 0.15) is 30.5 Å². The number of ether oxygens (including phenoxy) is 4. The minimum atomic E-state index is -5.06. The number of hydrogen-bond donors (Lipinski definition) is 4. The lowest BCUT2D eigenvalue weighted by Gasteiger charge is -2.41. The third-order valence-corrected chi connectivity index (χ3v) is 11.0. The van der Waals surface area contributed by atoms with Crippen LogP contribution in [0.15, 0.2) is 24.3 Å². The van der Waals surface area contributed by atoms with Crippen molar-refractivity contribution in [3.63, 3.8) is 0 Å². The first-order valence-corrected chi connectivity index (χ1v) is 24.5. The Bertz CT molecular complexity index is 1120. The van der Waals surface area contributed by atoms with Gasteiger partial charge in [-0.2, -0.15) is 8.42 Å². The highest BCUT2D eigenvalue weighted by Gasteiger charge is 2.48. The van der Waals surface area contributed by atoms with Crippen LogP contribution in [0.2, 0.25) is 0 Å². The van der Waals surface area contributed by atoms with Gasteiger partial charge in [-0.25, -0.2) is 4.18 Å². The van der Waals surface area contributed by atoms with Gasteiger partial charge in [-0.1, -0.05) is 147 Å². The summed E-state index contributed by atoms with van der Waals surface area (Å²) in [5.74, 6) is -0.405. The van der Waals surface area contributed by atoms with Crippen molar-refractivity contribution in [3.8, 4) is 0 Å². The molecule has 1 heterocycles. The van der Waals surface area contributed by atoms with Crippen LogP contribution in [-0.2, 0) is 38.3 Å². The van der Waals surface area contributed by atoms with Crippen molar-refractivity contribution >= 4 is 16.4 Å². The molecule has 1 rings (SSSR count). The number of unbranched alkanes of at least 4 members (excludes halogenated alkanes) is 23. The number of carbonyl (C=O) groups excluding carboxylic acids is 1. The minimum Gasteiger partial charge on any atom is -0.457 e. The summed E-state index contributed by atoms with van der Waals surface area (Å²) in [6, 6.07) is 0. The summed E-state index contributed by atoms with van der Waals surface area (Å²) in [7, 11) is -5.06. The molecule has 1 aliphatic rings. The largest absolute Gasteiger partial charge is 0.457 e. The van der Waals surface area contributed by atoms with Gasteiger partial charge in [-0.05, 0) is 64.2 Å². The monoisotopic (exact) mass is 849 g/mol. The number of rotatable bonds is 40. The summed E-state index contributed by atoms with van der Waals surface area (Å²) in [6.07, 6.45) is 32.0. The number of aliphatic hydroxyl groups excluding tert-OH is 3. The van der Waals surface area contributed by atoms with E-state index in [1.807, 2.05) is 0 Å². The van der Waals surface area contributed by atoms with Crippen LogP contribution in [0, 0.1) is 0 Å². The first kappa shape index (κ1) is 54.6. The van der Waals surface area contributed by atoms with E-state index in [0.717, 1.165) is 51.4 Å². The molecule has 4 N–H and O–H groups in total. The maximum atomic E-state index is 12.8. The molecule has 1 fully saturated rings. The van der Waals surface area contributed by atoms with Crippen LogP contribution in [0.4, 0.5) is 0 Å². The summed E-state index contributed by atoms with van der Waals surface area (Å²) in [5.41, 5.74) is 0. The standard InChI is InChI=1S/C45H84O12S/c1-3-5-7-9-11-13-15-17-19-20-21-22-24-26-28-30-32-34-41(47)55-39(37-53-35-33-31-29-27-25-23-18-16-14-12-10-8-6-4-2)38-54-45-43(49)44(57-58(50,51)52)42(48)40(36-46)56-45/h14,16-17,19,39-40,42-46,48-49H,3-13,15,18,20-38H2,1-2H3,(H,50,51,52)/b16-14-,19-17-. The smallest absolute Gasteiger partial charge is 0.397 e. The molecule has 0 aromatic rings. The number of hydrogen-bond acceptors (Lipinski definition) is 11. The van der Waals surface area contributed by atoms with Crippen LogP contribution in [0.5, 0.6) is 0 Å². The van der Waals surface area contributed by atoms with E-state index < -0.39 is 59.8 Å². The van der Waals surface area contributed by atoms with Gasteiger partial charge < -0.3 is 34.3 Å². The third kappa shape index (κ3) is 30.6. The molecule has 0 aromatic heterocycles. The van der Waals surface area contributed by atoms with Crippen molar-refractivity contribution < 1.29 is 56.2 Å². The van der Waals surface area contributed by atoms with E-state index in [1.165, 1.54) is 116 Å². The van der Waals surface area contributed by atoms with Crippen LogP contribution in [0.25, 0.3) is 0 Å². The lowest BCUT2D eigenvalue weighted by molar-refractivity contribution is -0.301. The van der Waals surface area contributed by atoms with Gasteiger partial charge in [-0.3, -0.25) is 9.35 Å². The predicted molar refractivity (Wildman–Crippen MR) is 230 cm³/mol. The number of esters is 1. The molecule has 0 aromatic carbocycles. The zero-order chi connectivity index (χ0) is 42.5. The van der Waals surface area contributed by atoms with E-state index in [4.69, 9.17) is 23.5 Å². The first-order chi connectivity index (χ1) is 28.1. The lowest BCUT2D eigenvalue weighted by Crippen LogP contribution is -2.60. The normalized spacial score (nSPS) is 20.7. The van der Waals surface area contributed by atoms with Gasteiger partial charge in [0.05, 0.1) is 19.8 Å². The number of aliphatic hydroxyl groups is 3. The molecule has 0 amide bonds. The third-order valence-electron chi connectivity index (χ3n) is 10.5. The fraction of sp³-hybridized carbons (Fsp3) is 0.889. The second-order valence-corrected chi connectivity index (χ2v) is 17.0. The van der Waals surface area contributed by atoms with Crippen molar-refractivity contribution in [3.05, 3.63) is 24.3 Å². The lowest BCUT2D eigenvalue weighted by atomic mass is 9.99. The topological polar surface area (TPSA) is 178 Å². The van der Waals surface area contributed by atoms with E-state index in [-0.39, 0.29) is 19.6 Å². The maximum Gasteiger partial charge on any atom is 0.397 e. The average molecular weight is 849 g/mol. The Hall–Kier alpha value is -1.42. The Morgan fingerprint density at radius 2 is 1.09 bits per heavy atom. The molecule has 13 heteroatoms. The number of allylic oxidation sites excluding steroid dienone is 4. The molecule has 0 bridgehead atoms. The highest BCUT2D eigenvalue weighted by Crippen LogP contribution is 2.26. The van der Waals surface area contributed by atoms with Gasteiger partial charge >= 0.3 is 16.4 Å². The molecule has 6 unspecified atom stereocenters. The van der Waals surface area contributed by atoms with Crippen LogP contribution >= 0.6 is 0 Å². The quantitative estimate of drug-likeness (QED) is 0.0199. The van der Waals surface area contributed by atoms with E-state index >= 15 is 0 Å². The summed E-state index contributed by atoms with van der Waals surface area (Å²) in [4.78, 5) is 12.8. The van der Waals surface area contributed by atoms with Crippen molar-refractivity contribution in [1.29, 1.82) is 0 Å². The highest BCUT2D eigenvalue weighted by molar-refractivity contribution is 7.80. The van der Waals surface area contributed by atoms with Crippen LogP contribution in [0.3, 0.4) is 0 Å². The van der Waals surface area contributed by atoms with Gasteiger partial charge in [0, 0.05) is 13.0 Å². The summed E-state index contributed by atoms with van der Waals surface area (Å²) in [5, 5.41) is 30.6. The van der Waals surface area contributed by atoms with Gasteiger partial charge in [0.25, 0.3) is 0 Å². The molecule has 1 saturated heterocycles. The van der Waals surface area contributed by atoms with E-state index in [0.29, 0.717) is 13.0 Å².